The summed E-state index contributed by atoms with van der Waals surface area (Å²) in [5, 5.41) is 0.698. The van der Waals surface area contributed by atoms with E-state index in [4.69, 9.17) is 15.2 Å². The topological polar surface area (TPSA) is 57.4 Å². The van der Waals surface area contributed by atoms with Gasteiger partial charge in [0, 0.05) is 5.69 Å². The van der Waals surface area contributed by atoms with Gasteiger partial charge in [-0.2, -0.15) is 0 Å². The zero-order valence-corrected chi connectivity index (χ0v) is 8.79. The van der Waals surface area contributed by atoms with Crippen molar-refractivity contribution in [3.05, 3.63) is 18.2 Å². The van der Waals surface area contributed by atoms with Crippen LogP contribution in [0.2, 0.25) is 0 Å². The molecule has 1 aromatic heterocycles. The number of hydrogen-bond acceptors (Lipinski definition) is 5. The molecule has 4 nitrogen and oxygen atoms in total. The van der Waals surface area contributed by atoms with E-state index in [1.54, 1.807) is 0 Å². The van der Waals surface area contributed by atoms with Crippen molar-refractivity contribution >= 4 is 27.2 Å². The highest BCUT2D eigenvalue weighted by Gasteiger charge is 2.21. The predicted molar refractivity (Wildman–Crippen MR) is 59.3 cm³/mol. The van der Waals surface area contributed by atoms with Crippen LogP contribution in [0.25, 0.3) is 10.2 Å². The van der Waals surface area contributed by atoms with E-state index in [-0.39, 0.29) is 6.10 Å². The molecule has 0 amide bonds. The highest BCUT2D eigenvalue weighted by molar-refractivity contribution is 7.20. The van der Waals surface area contributed by atoms with Crippen LogP contribution in [0.3, 0.4) is 0 Å². The lowest BCUT2D eigenvalue weighted by Crippen LogP contribution is -2.38. The molecule has 1 aromatic carbocycles. The Bertz CT molecular complexity index is 493. The van der Waals surface area contributed by atoms with Gasteiger partial charge in [-0.1, -0.05) is 11.3 Å². The molecule has 0 bridgehead atoms. The van der Waals surface area contributed by atoms with E-state index in [0.717, 1.165) is 15.9 Å². The number of nitrogen functional groups attached to an aromatic ring is 1. The molecule has 2 aromatic rings. The molecule has 78 valence electrons. The van der Waals surface area contributed by atoms with E-state index >= 15 is 0 Å². The van der Waals surface area contributed by atoms with Crippen LogP contribution >= 0.6 is 11.3 Å². The van der Waals surface area contributed by atoms with Crippen molar-refractivity contribution in [2.45, 2.75) is 6.10 Å². The maximum atomic E-state index is 5.69. The van der Waals surface area contributed by atoms with E-state index in [0.29, 0.717) is 18.4 Å². The average molecular weight is 222 g/mol. The number of thiazole rings is 1. The number of rotatable bonds is 2. The molecule has 0 unspecified atom stereocenters. The van der Waals surface area contributed by atoms with Crippen molar-refractivity contribution in [2.75, 3.05) is 18.9 Å². The number of aromatic nitrogens is 1. The van der Waals surface area contributed by atoms with Gasteiger partial charge >= 0.3 is 0 Å². The number of fused-ring (bicyclic) bond motifs is 1. The van der Waals surface area contributed by atoms with Crippen molar-refractivity contribution in [3.63, 3.8) is 0 Å². The average Bonchev–Trinajstić information content (AvgIpc) is 2.53. The maximum absolute atomic E-state index is 5.69. The number of ether oxygens (including phenoxy) is 2. The van der Waals surface area contributed by atoms with Crippen LogP contribution in [-0.4, -0.2) is 24.3 Å². The fraction of sp³-hybridized carbons (Fsp3) is 0.300. The van der Waals surface area contributed by atoms with Crippen molar-refractivity contribution in [1.82, 2.24) is 4.98 Å². The molecule has 0 saturated carbocycles. The number of nitrogens with two attached hydrogens (primary N) is 1. The second-order valence-electron chi connectivity index (χ2n) is 3.48. The van der Waals surface area contributed by atoms with E-state index in [2.05, 4.69) is 4.98 Å². The Morgan fingerprint density at radius 1 is 1.47 bits per heavy atom. The Labute approximate surface area is 90.6 Å². The van der Waals surface area contributed by atoms with E-state index in [1.165, 1.54) is 11.3 Å². The summed E-state index contributed by atoms with van der Waals surface area (Å²) in [5.41, 5.74) is 7.38. The third-order valence-corrected chi connectivity index (χ3v) is 3.18. The number of benzene rings is 1. The second kappa shape index (κ2) is 3.36. The lowest BCUT2D eigenvalue weighted by molar-refractivity contribution is -0.0796. The first-order valence-electron chi connectivity index (χ1n) is 4.72. The van der Waals surface area contributed by atoms with Crippen LogP contribution in [0.1, 0.15) is 0 Å². The lowest BCUT2D eigenvalue weighted by atomic mass is 10.3. The highest BCUT2D eigenvalue weighted by atomic mass is 32.1. The third kappa shape index (κ3) is 1.64. The van der Waals surface area contributed by atoms with Gasteiger partial charge in [0.2, 0.25) is 0 Å². The molecule has 15 heavy (non-hydrogen) atoms. The van der Waals surface area contributed by atoms with Gasteiger partial charge in [0.05, 0.1) is 23.4 Å². The van der Waals surface area contributed by atoms with Crippen molar-refractivity contribution < 1.29 is 9.47 Å². The molecule has 0 atom stereocenters. The van der Waals surface area contributed by atoms with Gasteiger partial charge in [0.25, 0.3) is 5.19 Å². The summed E-state index contributed by atoms with van der Waals surface area (Å²) in [4.78, 5) is 4.36. The van der Waals surface area contributed by atoms with Crippen LogP contribution in [0.15, 0.2) is 18.2 Å². The second-order valence-corrected chi connectivity index (χ2v) is 4.48. The van der Waals surface area contributed by atoms with Gasteiger partial charge in [0.15, 0.2) is 0 Å². The maximum Gasteiger partial charge on any atom is 0.274 e. The van der Waals surface area contributed by atoms with Gasteiger partial charge in [-0.3, -0.25) is 0 Å². The molecule has 1 aliphatic heterocycles. The number of hydrogen-bond donors (Lipinski definition) is 1. The van der Waals surface area contributed by atoms with Crippen LogP contribution in [0.4, 0.5) is 5.69 Å². The fourth-order valence-corrected chi connectivity index (χ4v) is 2.32. The van der Waals surface area contributed by atoms with Crippen LogP contribution in [0.5, 0.6) is 5.19 Å². The zero-order chi connectivity index (χ0) is 10.3. The quantitative estimate of drug-likeness (QED) is 0.785. The minimum Gasteiger partial charge on any atom is -0.462 e. The Morgan fingerprint density at radius 2 is 2.33 bits per heavy atom. The molecule has 1 aliphatic rings. The smallest absolute Gasteiger partial charge is 0.274 e. The Morgan fingerprint density at radius 3 is 3.07 bits per heavy atom. The minimum atomic E-state index is 0.169. The van der Waals surface area contributed by atoms with E-state index < -0.39 is 0 Å². The molecular weight excluding hydrogens is 212 g/mol. The Kier molecular flexibility index (Phi) is 2.00. The normalized spacial score (nSPS) is 16.5. The zero-order valence-electron chi connectivity index (χ0n) is 7.97. The van der Waals surface area contributed by atoms with Crippen molar-refractivity contribution in [1.29, 1.82) is 0 Å². The Hall–Kier alpha value is -1.33. The van der Waals surface area contributed by atoms with Gasteiger partial charge in [-0.25, -0.2) is 4.98 Å². The van der Waals surface area contributed by atoms with Crippen LogP contribution in [-0.2, 0) is 4.74 Å². The van der Waals surface area contributed by atoms with Gasteiger partial charge in [0.1, 0.15) is 6.10 Å². The first kappa shape index (κ1) is 8.94. The highest BCUT2D eigenvalue weighted by Crippen LogP contribution is 2.30. The fourth-order valence-electron chi connectivity index (χ4n) is 1.40. The Balaban J connectivity index is 1.91. The standard InChI is InChI=1S/C10H10N2O2S/c11-6-1-2-8-9(3-6)15-10(12-8)14-7-4-13-5-7/h1-3,7H,4-5,11H2. The molecule has 1 saturated heterocycles. The summed E-state index contributed by atoms with van der Waals surface area (Å²) in [6.07, 6.45) is 0.169. The van der Waals surface area contributed by atoms with Gasteiger partial charge in [-0.15, -0.1) is 0 Å². The van der Waals surface area contributed by atoms with Crippen LogP contribution in [0, 0.1) is 0 Å². The van der Waals surface area contributed by atoms with Crippen molar-refractivity contribution in [2.24, 2.45) is 0 Å². The molecule has 5 heteroatoms. The molecule has 0 radical (unpaired) electrons. The molecule has 0 aliphatic carbocycles. The summed E-state index contributed by atoms with van der Waals surface area (Å²) in [6.45, 7) is 1.33. The summed E-state index contributed by atoms with van der Waals surface area (Å²) < 4.78 is 11.7. The third-order valence-electron chi connectivity index (χ3n) is 2.27. The lowest BCUT2D eigenvalue weighted by Gasteiger charge is -2.25. The summed E-state index contributed by atoms with van der Waals surface area (Å²) in [7, 11) is 0. The van der Waals surface area contributed by atoms with E-state index in [9.17, 15) is 0 Å². The molecular formula is C10H10N2O2S. The molecule has 3 rings (SSSR count). The molecule has 1 fully saturated rings. The molecule has 0 spiro atoms. The molecule has 2 N–H and O–H groups in total. The number of nitrogens with zero attached hydrogens (tertiary/aromatic N) is 1. The SMILES string of the molecule is Nc1ccc2nc(OC3COC3)sc2c1. The summed E-state index contributed by atoms with van der Waals surface area (Å²) >= 11 is 1.52. The first-order valence-corrected chi connectivity index (χ1v) is 5.53. The monoisotopic (exact) mass is 222 g/mol. The van der Waals surface area contributed by atoms with Crippen LogP contribution < -0.4 is 10.5 Å². The van der Waals surface area contributed by atoms with E-state index in [1.807, 2.05) is 18.2 Å². The molecule has 2 heterocycles. The van der Waals surface area contributed by atoms with Gasteiger partial charge < -0.3 is 15.2 Å². The first-order chi connectivity index (χ1) is 7.31. The minimum absolute atomic E-state index is 0.169. The van der Waals surface area contributed by atoms with Crippen molar-refractivity contribution in [3.8, 4) is 5.19 Å². The largest absolute Gasteiger partial charge is 0.462 e. The number of anilines is 1. The predicted octanol–water partition coefficient (Wildman–Crippen LogP) is 1.66. The summed E-state index contributed by atoms with van der Waals surface area (Å²) in [5.74, 6) is 0. The van der Waals surface area contributed by atoms with Gasteiger partial charge in [-0.05, 0) is 18.2 Å². The summed E-state index contributed by atoms with van der Waals surface area (Å²) in [6, 6.07) is 5.67.